The molecule has 0 saturated heterocycles. The third kappa shape index (κ3) is 3.78. The molecule has 8 nitrogen and oxygen atoms in total. The Balaban J connectivity index is 3.16. The second-order valence-electron chi connectivity index (χ2n) is 4.69. The maximum atomic E-state index is 12.0. The molecule has 114 valence electrons. The van der Waals surface area contributed by atoms with Crippen LogP contribution in [0.1, 0.15) is 42.9 Å². The minimum absolute atomic E-state index is 0.186. The lowest BCUT2D eigenvalue weighted by molar-refractivity contribution is 0.0110. The Morgan fingerprint density at radius 1 is 1.40 bits per heavy atom. The Morgan fingerprint density at radius 3 is 2.45 bits per heavy atom. The molecule has 1 aromatic heterocycles. The van der Waals surface area contributed by atoms with Crippen LogP contribution in [0.3, 0.4) is 0 Å². The number of carbonyl (C=O) groups is 1. The highest BCUT2D eigenvalue weighted by molar-refractivity contribution is 7.89. The number of nitrogens with two attached hydrogens (primary N) is 1. The molecule has 9 heteroatoms. The molecule has 0 aromatic carbocycles. The van der Waals surface area contributed by atoms with Gasteiger partial charge in [-0.2, -0.15) is 5.10 Å². The monoisotopic (exact) mass is 305 g/mol. The molecule has 0 aliphatic heterocycles. The number of nitrogens with one attached hydrogen (secondary N) is 1. The van der Waals surface area contributed by atoms with E-state index in [2.05, 4.69) is 10.2 Å². The minimum Gasteiger partial charge on any atom is -0.455 e. The highest BCUT2D eigenvalue weighted by Gasteiger charge is 2.30. The maximum Gasteiger partial charge on any atom is 0.360 e. The van der Waals surface area contributed by atoms with Crippen LogP contribution in [0, 0.1) is 0 Å². The van der Waals surface area contributed by atoms with Gasteiger partial charge in [-0.1, -0.05) is 13.8 Å². The van der Waals surface area contributed by atoms with Crippen molar-refractivity contribution >= 4 is 16.0 Å². The molecule has 20 heavy (non-hydrogen) atoms. The van der Waals surface area contributed by atoms with Crippen LogP contribution < -0.4 is 5.14 Å². The van der Waals surface area contributed by atoms with Crippen LogP contribution in [0.25, 0.3) is 0 Å². The van der Waals surface area contributed by atoms with Gasteiger partial charge in [0.25, 0.3) is 0 Å². The predicted octanol–water partition coefficient (Wildman–Crippen LogP) is 0.372. The fourth-order valence-electron chi connectivity index (χ4n) is 1.67. The standard InChI is InChI=1S/C11H19N3O5S/c1-6(2)8-10(20(12,16)17)9(14-13-8)11(15)19-7(3)5-18-4/h6-7H,5H2,1-4H3,(H,13,14)(H2,12,16,17). The number of ether oxygens (including phenoxy) is 2. The van der Waals surface area contributed by atoms with Crippen LogP contribution in [0.15, 0.2) is 4.90 Å². The van der Waals surface area contributed by atoms with E-state index in [9.17, 15) is 13.2 Å². The van der Waals surface area contributed by atoms with E-state index in [4.69, 9.17) is 14.6 Å². The summed E-state index contributed by atoms with van der Waals surface area (Å²) in [6.45, 7) is 5.32. The minimum atomic E-state index is -4.08. The second-order valence-corrected chi connectivity index (χ2v) is 6.18. The van der Waals surface area contributed by atoms with Crippen LogP contribution in [-0.2, 0) is 19.5 Å². The number of sulfonamides is 1. The van der Waals surface area contributed by atoms with Gasteiger partial charge in [0.05, 0.1) is 12.3 Å². The highest BCUT2D eigenvalue weighted by atomic mass is 32.2. The van der Waals surface area contributed by atoms with Gasteiger partial charge in [-0.15, -0.1) is 0 Å². The molecule has 0 spiro atoms. The first-order valence-electron chi connectivity index (χ1n) is 5.99. The van der Waals surface area contributed by atoms with Crippen molar-refractivity contribution in [3.8, 4) is 0 Å². The van der Waals surface area contributed by atoms with E-state index in [1.165, 1.54) is 7.11 Å². The Labute approximate surface area is 117 Å². The summed E-state index contributed by atoms with van der Waals surface area (Å²) < 4.78 is 33.2. The second kappa shape index (κ2) is 6.33. The summed E-state index contributed by atoms with van der Waals surface area (Å²) in [6.07, 6.45) is -0.528. The normalized spacial score (nSPS) is 13.5. The number of aromatic nitrogens is 2. The Bertz CT molecular complexity index is 579. The van der Waals surface area contributed by atoms with Crippen LogP contribution in [-0.4, -0.2) is 44.4 Å². The first-order chi connectivity index (χ1) is 9.18. The molecule has 0 aliphatic rings. The van der Waals surface area contributed by atoms with Crippen LogP contribution >= 0.6 is 0 Å². The Kier molecular flexibility index (Phi) is 5.26. The predicted molar refractivity (Wildman–Crippen MR) is 70.8 cm³/mol. The summed E-state index contributed by atoms with van der Waals surface area (Å²) in [5, 5.41) is 11.4. The lowest BCUT2D eigenvalue weighted by atomic mass is 10.1. The largest absolute Gasteiger partial charge is 0.455 e. The van der Waals surface area contributed by atoms with Crippen molar-refractivity contribution in [2.75, 3.05) is 13.7 Å². The van der Waals surface area contributed by atoms with Gasteiger partial charge < -0.3 is 9.47 Å². The molecule has 1 unspecified atom stereocenters. The van der Waals surface area contributed by atoms with Crippen LogP contribution in [0.2, 0.25) is 0 Å². The van der Waals surface area contributed by atoms with E-state index < -0.39 is 22.1 Å². The molecular weight excluding hydrogens is 286 g/mol. The number of methoxy groups -OCH3 is 1. The summed E-state index contributed by atoms with van der Waals surface area (Å²) in [5.74, 6) is -1.05. The molecule has 0 amide bonds. The average Bonchev–Trinajstić information content (AvgIpc) is 2.73. The quantitative estimate of drug-likeness (QED) is 0.732. The number of hydrogen-bond donors (Lipinski definition) is 2. The number of esters is 1. The van der Waals surface area contributed by atoms with Gasteiger partial charge in [-0.05, 0) is 12.8 Å². The fourth-order valence-corrected chi connectivity index (χ4v) is 2.66. The molecule has 1 rings (SSSR count). The summed E-state index contributed by atoms with van der Waals surface area (Å²) in [4.78, 5) is 11.6. The lowest BCUT2D eigenvalue weighted by Crippen LogP contribution is -2.23. The summed E-state index contributed by atoms with van der Waals surface area (Å²) >= 11 is 0. The maximum absolute atomic E-state index is 12.0. The number of H-pyrrole nitrogens is 1. The Hall–Kier alpha value is -1.45. The third-order valence-electron chi connectivity index (χ3n) is 2.51. The van der Waals surface area contributed by atoms with Gasteiger partial charge in [0, 0.05) is 7.11 Å². The van der Waals surface area contributed by atoms with E-state index in [1.807, 2.05) is 0 Å². The van der Waals surface area contributed by atoms with Crippen molar-refractivity contribution in [1.82, 2.24) is 10.2 Å². The molecule has 0 bridgehead atoms. The third-order valence-corrected chi connectivity index (χ3v) is 3.49. The van der Waals surface area contributed by atoms with Crippen LogP contribution in [0.4, 0.5) is 0 Å². The zero-order valence-electron chi connectivity index (χ0n) is 11.8. The van der Waals surface area contributed by atoms with Crippen molar-refractivity contribution in [3.05, 3.63) is 11.4 Å². The topological polar surface area (TPSA) is 124 Å². The first-order valence-corrected chi connectivity index (χ1v) is 7.54. The molecule has 0 fully saturated rings. The van der Waals surface area contributed by atoms with Gasteiger partial charge >= 0.3 is 5.97 Å². The number of carbonyl (C=O) groups excluding carboxylic acids is 1. The first kappa shape index (κ1) is 16.6. The summed E-state index contributed by atoms with van der Waals surface area (Å²) in [5.41, 5.74) is -0.0574. The highest BCUT2D eigenvalue weighted by Crippen LogP contribution is 2.24. The fraction of sp³-hybridized carbons (Fsp3) is 0.636. The molecule has 1 aromatic rings. The molecule has 3 N–H and O–H groups in total. The van der Waals surface area contributed by atoms with Gasteiger partial charge in [-0.3, -0.25) is 5.10 Å². The van der Waals surface area contributed by atoms with Crippen LogP contribution in [0.5, 0.6) is 0 Å². The van der Waals surface area contributed by atoms with Crippen molar-refractivity contribution in [2.45, 2.75) is 37.7 Å². The van der Waals surface area contributed by atoms with E-state index >= 15 is 0 Å². The van der Waals surface area contributed by atoms with Gasteiger partial charge in [0.2, 0.25) is 10.0 Å². The molecule has 1 heterocycles. The van der Waals surface area contributed by atoms with Crippen molar-refractivity contribution in [1.29, 1.82) is 0 Å². The number of nitrogens with zero attached hydrogens (tertiary/aromatic N) is 1. The zero-order valence-corrected chi connectivity index (χ0v) is 12.7. The smallest absolute Gasteiger partial charge is 0.360 e. The van der Waals surface area contributed by atoms with E-state index in [0.29, 0.717) is 0 Å². The summed E-state index contributed by atoms with van der Waals surface area (Å²) in [7, 11) is -2.62. The molecular formula is C11H19N3O5S. The van der Waals surface area contributed by atoms with Gasteiger partial charge in [-0.25, -0.2) is 18.4 Å². The SMILES string of the molecule is COCC(C)OC(=O)c1n[nH]c(C(C)C)c1S(N)(=O)=O. The molecule has 0 saturated carbocycles. The van der Waals surface area contributed by atoms with Crippen molar-refractivity contribution < 1.29 is 22.7 Å². The zero-order chi connectivity index (χ0) is 15.5. The number of primary sulfonamides is 1. The van der Waals surface area contributed by atoms with Crippen molar-refractivity contribution in [3.63, 3.8) is 0 Å². The average molecular weight is 305 g/mol. The molecule has 0 radical (unpaired) electrons. The van der Waals surface area contributed by atoms with E-state index in [0.717, 1.165) is 0 Å². The van der Waals surface area contributed by atoms with Gasteiger partial charge in [0.15, 0.2) is 5.69 Å². The number of hydrogen-bond acceptors (Lipinski definition) is 6. The number of aromatic amines is 1. The Morgan fingerprint density at radius 2 is 2.00 bits per heavy atom. The van der Waals surface area contributed by atoms with E-state index in [-0.39, 0.29) is 28.8 Å². The molecule has 0 aliphatic carbocycles. The van der Waals surface area contributed by atoms with Crippen molar-refractivity contribution in [2.24, 2.45) is 5.14 Å². The molecule has 1 atom stereocenters. The lowest BCUT2D eigenvalue weighted by Gasteiger charge is -2.11. The number of rotatable bonds is 6. The van der Waals surface area contributed by atoms with Gasteiger partial charge in [0.1, 0.15) is 11.0 Å². The summed E-state index contributed by atoms with van der Waals surface area (Å²) in [6, 6.07) is 0. The van der Waals surface area contributed by atoms with E-state index in [1.54, 1.807) is 20.8 Å².